The molecule has 2 heterocycles. The van der Waals surface area contributed by atoms with Crippen molar-refractivity contribution in [2.45, 2.75) is 19.8 Å². The molecule has 2 rings (SSSR count). The minimum atomic E-state index is -0.218. The van der Waals surface area contributed by atoms with Gasteiger partial charge in [0.15, 0.2) is 0 Å². The number of thiophene rings is 1. The predicted octanol–water partition coefficient (Wildman–Crippen LogP) is 0.653. The predicted molar refractivity (Wildman–Crippen MR) is 79.1 cm³/mol. The number of amides is 2. The SMILES string of the molecule is Cc1ccc(C(=O)NCC(=O)NCCCc2ncn[nH]2)s1. The summed E-state index contributed by atoms with van der Waals surface area (Å²) in [5.74, 6) is 0.379. The Labute approximate surface area is 126 Å². The third-order valence-electron chi connectivity index (χ3n) is 2.75. The third kappa shape index (κ3) is 4.99. The van der Waals surface area contributed by atoms with Crippen molar-refractivity contribution in [3.63, 3.8) is 0 Å². The van der Waals surface area contributed by atoms with Crippen molar-refractivity contribution in [1.82, 2.24) is 25.8 Å². The minimum absolute atomic E-state index is 0.0158. The van der Waals surface area contributed by atoms with E-state index in [1.54, 1.807) is 6.07 Å². The summed E-state index contributed by atoms with van der Waals surface area (Å²) in [7, 11) is 0. The fourth-order valence-electron chi connectivity index (χ4n) is 1.70. The molecule has 0 aliphatic rings. The number of hydrogen-bond donors (Lipinski definition) is 3. The van der Waals surface area contributed by atoms with Gasteiger partial charge in [-0.25, -0.2) is 4.98 Å². The lowest BCUT2D eigenvalue weighted by Crippen LogP contribution is -2.37. The average Bonchev–Trinajstić information content (AvgIpc) is 3.12. The molecule has 21 heavy (non-hydrogen) atoms. The van der Waals surface area contributed by atoms with Crippen LogP contribution in [0.2, 0.25) is 0 Å². The molecule has 0 unspecified atom stereocenters. The number of H-pyrrole nitrogens is 1. The van der Waals surface area contributed by atoms with Gasteiger partial charge >= 0.3 is 0 Å². The van der Waals surface area contributed by atoms with Gasteiger partial charge in [-0.3, -0.25) is 14.7 Å². The maximum Gasteiger partial charge on any atom is 0.261 e. The van der Waals surface area contributed by atoms with Gasteiger partial charge in [-0.1, -0.05) is 0 Å². The Morgan fingerprint density at radius 2 is 2.19 bits per heavy atom. The van der Waals surface area contributed by atoms with Gasteiger partial charge in [0.05, 0.1) is 11.4 Å². The molecule has 0 saturated heterocycles. The first-order valence-corrected chi connectivity index (χ1v) is 7.42. The number of aromatic nitrogens is 3. The van der Waals surface area contributed by atoms with Crippen molar-refractivity contribution < 1.29 is 9.59 Å². The van der Waals surface area contributed by atoms with Gasteiger partial charge in [-0.05, 0) is 25.5 Å². The lowest BCUT2D eigenvalue weighted by Gasteiger charge is -2.05. The van der Waals surface area contributed by atoms with Crippen LogP contribution >= 0.6 is 11.3 Å². The molecule has 0 bridgehead atoms. The number of nitrogens with one attached hydrogen (secondary N) is 3. The van der Waals surface area contributed by atoms with E-state index in [0.29, 0.717) is 11.4 Å². The normalized spacial score (nSPS) is 10.3. The summed E-state index contributed by atoms with van der Waals surface area (Å²) in [6, 6.07) is 3.63. The maximum absolute atomic E-state index is 11.7. The lowest BCUT2D eigenvalue weighted by atomic mass is 10.3. The average molecular weight is 307 g/mol. The Morgan fingerprint density at radius 3 is 2.86 bits per heavy atom. The fraction of sp³-hybridized carbons (Fsp3) is 0.385. The van der Waals surface area contributed by atoms with Crippen LogP contribution in [-0.2, 0) is 11.2 Å². The van der Waals surface area contributed by atoms with Crippen molar-refractivity contribution in [3.8, 4) is 0 Å². The topological polar surface area (TPSA) is 99.8 Å². The first-order valence-electron chi connectivity index (χ1n) is 6.61. The second-order valence-corrected chi connectivity index (χ2v) is 5.77. The molecule has 0 aromatic carbocycles. The molecule has 0 aliphatic heterocycles. The second kappa shape index (κ2) is 7.53. The number of rotatable bonds is 7. The molecule has 7 nitrogen and oxygen atoms in total. The van der Waals surface area contributed by atoms with Crippen molar-refractivity contribution in [2.75, 3.05) is 13.1 Å². The van der Waals surface area contributed by atoms with Crippen LogP contribution in [0.5, 0.6) is 0 Å². The van der Waals surface area contributed by atoms with E-state index >= 15 is 0 Å². The molecule has 2 aromatic rings. The Hall–Kier alpha value is -2.22. The summed E-state index contributed by atoms with van der Waals surface area (Å²) >= 11 is 1.41. The smallest absolute Gasteiger partial charge is 0.261 e. The van der Waals surface area contributed by atoms with Gasteiger partial charge in [-0.15, -0.1) is 11.3 Å². The number of aromatic amines is 1. The summed E-state index contributed by atoms with van der Waals surface area (Å²) < 4.78 is 0. The number of hydrogen-bond acceptors (Lipinski definition) is 5. The Kier molecular flexibility index (Phi) is 5.44. The third-order valence-corrected chi connectivity index (χ3v) is 3.75. The quantitative estimate of drug-likeness (QED) is 0.654. The van der Waals surface area contributed by atoms with Gasteiger partial charge in [0.2, 0.25) is 5.91 Å². The summed E-state index contributed by atoms with van der Waals surface area (Å²) in [6.45, 7) is 2.45. The van der Waals surface area contributed by atoms with Crippen LogP contribution in [0.15, 0.2) is 18.5 Å². The molecular formula is C13H17N5O2S. The van der Waals surface area contributed by atoms with Crippen molar-refractivity contribution in [2.24, 2.45) is 0 Å². The zero-order chi connectivity index (χ0) is 15.1. The van der Waals surface area contributed by atoms with E-state index in [-0.39, 0.29) is 18.4 Å². The number of aryl methyl sites for hydroxylation is 2. The van der Waals surface area contributed by atoms with E-state index in [0.717, 1.165) is 23.5 Å². The Morgan fingerprint density at radius 1 is 1.33 bits per heavy atom. The molecule has 0 spiro atoms. The molecule has 2 aromatic heterocycles. The molecule has 0 saturated carbocycles. The van der Waals surface area contributed by atoms with Crippen molar-refractivity contribution >= 4 is 23.2 Å². The van der Waals surface area contributed by atoms with Gasteiger partial charge in [-0.2, -0.15) is 5.10 Å². The van der Waals surface area contributed by atoms with Crippen molar-refractivity contribution in [3.05, 3.63) is 34.0 Å². The molecule has 2 amide bonds. The first-order chi connectivity index (χ1) is 10.1. The monoisotopic (exact) mass is 307 g/mol. The van der Waals surface area contributed by atoms with Crippen LogP contribution in [0.25, 0.3) is 0 Å². The molecule has 0 atom stereocenters. The zero-order valence-electron chi connectivity index (χ0n) is 11.7. The highest BCUT2D eigenvalue weighted by atomic mass is 32.1. The lowest BCUT2D eigenvalue weighted by molar-refractivity contribution is -0.120. The zero-order valence-corrected chi connectivity index (χ0v) is 12.5. The van der Waals surface area contributed by atoms with Crippen molar-refractivity contribution in [1.29, 1.82) is 0 Å². The molecule has 8 heteroatoms. The minimum Gasteiger partial charge on any atom is -0.355 e. The largest absolute Gasteiger partial charge is 0.355 e. The molecule has 0 fully saturated rings. The molecular weight excluding hydrogens is 290 g/mol. The summed E-state index contributed by atoms with van der Waals surface area (Å²) in [5.41, 5.74) is 0. The van der Waals surface area contributed by atoms with E-state index < -0.39 is 0 Å². The van der Waals surface area contributed by atoms with Crippen LogP contribution < -0.4 is 10.6 Å². The van der Waals surface area contributed by atoms with Gasteiger partial charge in [0.25, 0.3) is 5.91 Å². The highest BCUT2D eigenvalue weighted by Crippen LogP contribution is 2.14. The van der Waals surface area contributed by atoms with E-state index in [4.69, 9.17) is 0 Å². The van der Waals surface area contributed by atoms with Gasteiger partial charge in [0.1, 0.15) is 12.2 Å². The van der Waals surface area contributed by atoms with Crippen LogP contribution in [-0.4, -0.2) is 40.1 Å². The van der Waals surface area contributed by atoms with E-state index in [1.165, 1.54) is 17.7 Å². The molecule has 0 radical (unpaired) electrons. The standard InChI is InChI=1S/C13H17N5O2S/c1-9-4-5-10(21-9)13(20)15-7-12(19)14-6-2-3-11-16-8-17-18-11/h4-5,8H,2-3,6-7H2,1H3,(H,14,19)(H,15,20)(H,16,17,18). The van der Waals surface area contributed by atoms with Crippen LogP contribution in [0, 0.1) is 6.92 Å². The highest BCUT2D eigenvalue weighted by molar-refractivity contribution is 7.13. The first kappa shape index (κ1) is 15.2. The number of carbonyl (C=O) groups excluding carboxylic acids is 2. The van der Waals surface area contributed by atoms with E-state index in [2.05, 4.69) is 25.8 Å². The van der Waals surface area contributed by atoms with E-state index in [1.807, 2.05) is 13.0 Å². The fourth-order valence-corrected chi connectivity index (χ4v) is 2.49. The molecule has 0 aliphatic carbocycles. The Balaban J connectivity index is 1.60. The second-order valence-electron chi connectivity index (χ2n) is 4.48. The maximum atomic E-state index is 11.7. The summed E-state index contributed by atoms with van der Waals surface area (Å²) in [4.78, 5) is 29.0. The molecule has 112 valence electrons. The van der Waals surface area contributed by atoms with Crippen LogP contribution in [0.1, 0.15) is 26.8 Å². The van der Waals surface area contributed by atoms with E-state index in [9.17, 15) is 9.59 Å². The number of nitrogens with zero attached hydrogens (tertiary/aromatic N) is 2. The Bertz CT molecular complexity index is 593. The van der Waals surface area contributed by atoms with Gasteiger partial charge in [0, 0.05) is 17.8 Å². The van der Waals surface area contributed by atoms with Gasteiger partial charge < -0.3 is 10.6 Å². The van der Waals surface area contributed by atoms with Crippen LogP contribution in [0.3, 0.4) is 0 Å². The number of carbonyl (C=O) groups is 2. The summed E-state index contributed by atoms with van der Waals surface area (Å²) in [6.07, 6.45) is 2.94. The van der Waals surface area contributed by atoms with Crippen LogP contribution in [0.4, 0.5) is 0 Å². The molecule has 3 N–H and O–H groups in total. The highest BCUT2D eigenvalue weighted by Gasteiger charge is 2.09. The summed E-state index contributed by atoms with van der Waals surface area (Å²) in [5, 5.41) is 11.8.